The van der Waals surface area contributed by atoms with E-state index in [0.717, 1.165) is 78.3 Å². The third-order valence-corrected chi connectivity index (χ3v) is 8.06. The summed E-state index contributed by atoms with van der Waals surface area (Å²) in [5.74, 6) is 1.82. The zero-order valence-electron chi connectivity index (χ0n) is 20.9. The molecule has 8 heteroatoms. The second-order valence-electron chi connectivity index (χ2n) is 10.6. The van der Waals surface area contributed by atoms with Crippen molar-refractivity contribution >= 4 is 22.4 Å². The Bertz CT molecular complexity index is 1390. The summed E-state index contributed by atoms with van der Waals surface area (Å²) in [6.07, 6.45) is 8.76. The van der Waals surface area contributed by atoms with Crippen LogP contribution in [0.5, 0.6) is 0 Å². The first-order chi connectivity index (χ1) is 16.9. The van der Waals surface area contributed by atoms with E-state index in [-0.39, 0.29) is 11.7 Å². The minimum Gasteiger partial charge on any atom is -0.381 e. The number of aromatic amines is 1. The van der Waals surface area contributed by atoms with Crippen molar-refractivity contribution in [2.24, 2.45) is 11.8 Å². The molecule has 2 aliphatic rings. The van der Waals surface area contributed by atoms with Gasteiger partial charge >= 0.3 is 0 Å². The summed E-state index contributed by atoms with van der Waals surface area (Å²) in [7, 11) is 0. The van der Waals surface area contributed by atoms with Crippen molar-refractivity contribution in [1.82, 2.24) is 24.6 Å². The Balaban J connectivity index is 1.39. The molecule has 0 atom stereocenters. The van der Waals surface area contributed by atoms with Gasteiger partial charge < -0.3 is 14.6 Å². The number of fused-ring (bicyclic) bond motifs is 2. The number of aryl methyl sites for hydroxylation is 1. The van der Waals surface area contributed by atoms with Crippen LogP contribution in [0.25, 0.3) is 27.8 Å². The molecule has 184 valence electrons. The molecule has 2 aliphatic heterocycles. The third-order valence-electron chi connectivity index (χ3n) is 8.06. The lowest BCUT2D eigenvalue weighted by atomic mass is 9.86. The van der Waals surface area contributed by atoms with Crippen LogP contribution in [0.3, 0.4) is 0 Å². The third kappa shape index (κ3) is 3.69. The molecule has 6 heterocycles. The maximum atomic E-state index is 16.2. The first-order valence-corrected chi connectivity index (χ1v) is 12.7. The van der Waals surface area contributed by atoms with Gasteiger partial charge in [-0.25, -0.2) is 18.9 Å². The highest BCUT2D eigenvalue weighted by Gasteiger charge is 2.29. The van der Waals surface area contributed by atoms with E-state index in [4.69, 9.17) is 4.74 Å². The number of ether oxygens (including phenoxy) is 1. The number of rotatable bonds is 5. The zero-order chi connectivity index (χ0) is 24.3. The van der Waals surface area contributed by atoms with Crippen molar-refractivity contribution in [3.05, 3.63) is 41.2 Å². The summed E-state index contributed by atoms with van der Waals surface area (Å²) in [5.41, 5.74) is 6.71. The summed E-state index contributed by atoms with van der Waals surface area (Å²) >= 11 is 0. The highest BCUT2D eigenvalue weighted by molar-refractivity contribution is 5.94. The maximum absolute atomic E-state index is 16.2. The molecule has 2 fully saturated rings. The fraction of sp³-hybridized carbons (Fsp3) is 0.519. The number of nitrogens with zero attached hydrogens (tertiary/aromatic N) is 5. The molecule has 0 aromatic carbocycles. The SMILES string of the molecule is Cc1c(-c2[nH]c3cnc(N4CCC(CC5COC5)CC4)c(F)c3c2C(C)C)cn2ncnc2c1C. The number of nitrogens with one attached hydrogen (secondary N) is 1. The van der Waals surface area contributed by atoms with Crippen LogP contribution in [0.4, 0.5) is 10.2 Å². The average molecular weight is 477 g/mol. The van der Waals surface area contributed by atoms with Crippen molar-refractivity contribution in [3.8, 4) is 11.3 Å². The van der Waals surface area contributed by atoms with Gasteiger partial charge in [0.15, 0.2) is 17.3 Å². The van der Waals surface area contributed by atoms with E-state index in [1.165, 1.54) is 6.42 Å². The van der Waals surface area contributed by atoms with E-state index < -0.39 is 0 Å². The van der Waals surface area contributed by atoms with Gasteiger partial charge in [-0.1, -0.05) is 13.8 Å². The Morgan fingerprint density at radius 1 is 1.11 bits per heavy atom. The lowest BCUT2D eigenvalue weighted by Crippen LogP contribution is -2.37. The van der Waals surface area contributed by atoms with Crippen molar-refractivity contribution in [3.63, 3.8) is 0 Å². The van der Waals surface area contributed by atoms with Gasteiger partial charge in [0.05, 0.1) is 30.6 Å². The van der Waals surface area contributed by atoms with Crippen LogP contribution in [-0.2, 0) is 4.74 Å². The van der Waals surface area contributed by atoms with Crippen molar-refractivity contribution in [2.75, 3.05) is 31.2 Å². The van der Waals surface area contributed by atoms with Crippen molar-refractivity contribution in [1.29, 1.82) is 0 Å². The van der Waals surface area contributed by atoms with E-state index in [1.807, 2.05) is 6.20 Å². The first kappa shape index (κ1) is 22.5. The van der Waals surface area contributed by atoms with Gasteiger partial charge in [-0.15, -0.1) is 0 Å². The van der Waals surface area contributed by atoms with Crippen LogP contribution in [-0.4, -0.2) is 50.9 Å². The van der Waals surface area contributed by atoms with Gasteiger partial charge in [0.2, 0.25) is 0 Å². The summed E-state index contributed by atoms with van der Waals surface area (Å²) in [4.78, 5) is 14.6. The Morgan fingerprint density at radius 2 is 1.89 bits per heavy atom. The molecule has 0 amide bonds. The minimum atomic E-state index is -0.212. The molecule has 0 unspecified atom stereocenters. The molecule has 0 radical (unpaired) electrons. The predicted molar refractivity (Wildman–Crippen MR) is 135 cm³/mol. The first-order valence-electron chi connectivity index (χ1n) is 12.7. The van der Waals surface area contributed by atoms with Crippen LogP contribution in [0.15, 0.2) is 18.7 Å². The molecule has 1 N–H and O–H groups in total. The highest BCUT2D eigenvalue weighted by Crippen LogP contribution is 2.41. The summed E-state index contributed by atoms with van der Waals surface area (Å²) < 4.78 is 23.3. The largest absolute Gasteiger partial charge is 0.381 e. The minimum absolute atomic E-state index is 0.130. The number of anilines is 1. The van der Waals surface area contributed by atoms with E-state index in [9.17, 15) is 0 Å². The molecular formula is C27H33FN6O. The number of hydrogen-bond donors (Lipinski definition) is 1. The van der Waals surface area contributed by atoms with Crippen molar-refractivity contribution in [2.45, 2.75) is 52.9 Å². The monoisotopic (exact) mass is 476 g/mol. The maximum Gasteiger partial charge on any atom is 0.175 e. The smallest absolute Gasteiger partial charge is 0.175 e. The number of piperidine rings is 1. The number of pyridine rings is 2. The van der Waals surface area contributed by atoms with Crippen LogP contribution in [0.1, 0.15) is 55.7 Å². The number of H-pyrrole nitrogens is 1. The van der Waals surface area contributed by atoms with Crippen LogP contribution in [0, 0.1) is 31.5 Å². The Hall–Kier alpha value is -3.00. The quantitative estimate of drug-likeness (QED) is 0.417. The second kappa shape index (κ2) is 8.59. The Labute approximate surface area is 204 Å². The normalized spacial score (nSPS) is 17.7. The van der Waals surface area contributed by atoms with E-state index in [1.54, 1.807) is 17.0 Å². The number of halogens is 1. The topological polar surface area (TPSA) is 71.3 Å². The van der Waals surface area contributed by atoms with Gasteiger partial charge in [-0.3, -0.25) is 0 Å². The fourth-order valence-corrected chi connectivity index (χ4v) is 5.90. The van der Waals surface area contributed by atoms with Crippen LogP contribution >= 0.6 is 0 Å². The van der Waals surface area contributed by atoms with Crippen LogP contribution < -0.4 is 4.90 Å². The van der Waals surface area contributed by atoms with Crippen molar-refractivity contribution < 1.29 is 9.13 Å². The molecule has 6 rings (SSSR count). The van der Waals surface area contributed by atoms with Gasteiger partial charge in [-0.05, 0) is 61.6 Å². The predicted octanol–water partition coefficient (Wildman–Crippen LogP) is 5.40. The molecular weight excluding hydrogens is 443 g/mol. The molecule has 4 aromatic heterocycles. The summed E-state index contributed by atoms with van der Waals surface area (Å²) in [5, 5.41) is 5.01. The van der Waals surface area contributed by atoms with E-state index in [2.05, 4.69) is 52.6 Å². The van der Waals surface area contributed by atoms with E-state index in [0.29, 0.717) is 23.0 Å². The summed E-state index contributed by atoms with van der Waals surface area (Å²) in [6.45, 7) is 11.9. The lowest BCUT2D eigenvalue weighted by Gasteiger charge is -2.36. The van der Waals surface area contributed by atoms with Gasteiger partial charge in [0.25, 0.3) is 0 Å². The van der Waals surface area contributed by atoms with Gasteiger partial charge in [0, 0.05) is 36.2 Å². The highest BCUT2D eigenvalue weighted by atomic mass is 19.1. The van der Waals surface area contributed by atoms with E-state index >= 15 is 4.39 Å². The molecule has 7 nitrogen and oxygen atoms in total. The molecule has 0 aliphatic carbocycles. The Morgan fingerprint density at radius 3 is 2.57 bits per heavy atom. The molecule has 35 heavy (non-hydrogen) atoms. The van der Waals surface area contributed by atoms with Crippen LogP contribution in [0.2, 0.25) is 0 Å². The molecule has 0 spiro atoms. The number of hydrogen-bond acceptors (Lipinski definition) is 5. The summed E-state index contributed by atoms with van der Waals surface area (Å²) in [6, 6.07) is 0. The van der Waals surface area contributed by atoms with Gasteiger partial charge in [-0.2, -0.15) is 5.10 Å². The zero-order valence-corrected chi connectivity index (χ0v) is 20.9. The molecule has 2 saturated heterocycles. The molecule has 0 saturated carbocycles. The molecule has 4 aromatic rings. The molecule has 0 bridgehead atoms. The van der Waals surface area contributed by atoms with Gasteiger partial charge in [0.1, 0.15) is 6.33 Å². The number of aromatic nitrogens is 5. The standard InChI is InChI=1S/C27H33FN6O/c1-15(2)22-23-21(32-25(22)20-11-34-26(30-14-31-34)17(4)16(20)3)10-29-27(24(23)28)33-7-5-18(6-8-33)9-19-12-35-13-19/h10-11,14-15,18-19,32H,5-9,12-13H2,1-4H3. The Kier molecular flexibility index (Phi) is 5.51. The lowest BCUT2D eigenvalue weighted by molar-refractivity contribution is -0.0438. The fourth-order valence-electron chi connectivity index (χ4n) is 5.90. The second-order valence-corrected chi connectivity index (χ2v) is 10.6. The average Bonchev–Trinajstić information content (AvgIpc) is 3.45.